The van der Waals surface area contributed by atoms with Gasteiger partial charge >= 0.3 is 5.97 Å². The Hall–Kier alpha value is -4.20. The Morgan fingerprint density at radius 2 is 1.69 bits per heavy atom. The van der Waals surface area contributed by atoms with E-state index in [4.69, 9.17) is 4.74 Å². The zero-order valence-corrected chi connectivity index (χ0v) is 18.1. The van der Waals surface area contributed by atoms with Gasteiger partial charge in [0.15, 0.2) is 6.61 Å². The zero-order valence-electron chi connectivity index (χ0n) is 18.1. The van der Waals surface area contributed by atoms with Gasteiger partial charge in [-0.2, -0.15) is 10.2 Å². The molecule has 4 rings (SSSR count). The second-order valence-electron chi connectivity index (χ2n) is 7.43. The van der Waals surface area contributed by atoms with Gasteiger partial charge in [-0.25, -0.2) is 14.2 Å². The standard InChI is InChI=1S/C24H23N5O3/c1-16-9-11-21(12-10-16)29-18(3)23(17(2)27-29)26-22(30)15-32-24(31)19-13-25-28(14-19)20-7-5-4-6-8-20/h4-14H,15H2,1-3H3,(H,26,30). The van der Waals surface area contributed by atoms with E-state index in [1.54, 1.807) is 15.6 Å². The Labute approximate surface area is 185 Å². The first-order valence-electron chi connectivity index (χ1n) is 10.1. The summed E-state index contributed by atoms with van der Waals surface area (Å²) in [5, 5.41) is 11.5. The predicted molar refractivity (Wildman–Crippen MR) is 120 cm³/mol. The molecule has 0 unspecified atom stereocenters. The third-order valence-corrected chi connectivity index (χ3v) is 5.01. The number of anilines is 1. The highest BCUT2D eigenvalue weighted by Gasteiger charge is 2.17. The molecule has 0 aliphatic rings. The third kappa shape index (κ3) is 4.44. The summed E-state index contributed by atoms with van der Waals surface area (Å²) >= 11 is 0. The van der Waals surface area contributed by atoms with Crippen molar-refractivity contribution in [1.82, 2.24) is 19.6 Å². The van der Waals surface area contributed by atoms with E-state index in [0.29, 0.717) is 11.4 Å². The van der Waals surface area contributed by atoms with Gasteiger partial charge in [-0.15, -0.1) is 0 Å². The number of esters is 1. The summed E-state index contributed by atoms with van der Waals surface area (Å²) in [6.07, 6.45) is 2.97. The summed E-state index contributed by atoms with van der Waals surface area (Å²) in [4.78, 5) is 24.7. The van der Waals surface area contributed by atoms with Crippen LogP contribution in [0.4, 0.5) is 5.69 Å². The van der Waals surface area contributed by atoms with Crippen LogP contribution in [0.3, 0.4) is 0 Å². The predicted octanol–water partition coefficient (Wildman–Crippen LogP) is 3.78. The first-order chi connectivity index (χ1) is 15.4. The molecule has 0 fully saturated rings. The molecule has 162 valence electrons. The molecule has 2 aromatic carbocycles. The number of benzene rings is 2. The minimum absolute atomic E-state index is 0.265. The summed E-state index contributed by atoms with van der Waals surface area (Å²) in [5.41, 5.74) is 5.20. The van der Waals surface area contributed by atoms with Gasteiger partial charge in [0, 0.05) is 6.20 Å². The number of carbonyl (C=O) groups is 2. The largest absolute Gasteiger partial charge is 0.452 e. The first-order valence-corrected chi connectivity index (χ1v) is 10.1. The number of hydrogen-bond donors (Lipinski definition) is 1. The Balaban J connectivity index is 1.39. The topological polar surface area (TPSA) is 91.0 Å². The van der Waals surface area contributed by atoms with Gasteiger partial charge in [0.1, 0.15) is 0 Å². The van der Waals surface area contributed by atoms with Crippen LogP contribution in [-0.2, 0) is 9.53 Å². The Morgan fingerprint density at radius 3 is 2.41 bits per heavy atom. The first kappa shape index (κ1) is 21.0. The summed E-state index contributed by atoms with van der Waals surface area (Å²) in [6, 6.07) is 17.3. The number of para-hydroxylation sites is 1. The molecule has 1 amide bonds. The van der Waals surface area contributed by atoms with E-state index in [2.05, 4.69) is 15.5 Å². The van der Waals surface area contributed by atoms with E-state index < -0.39 is 18.5 Å². The summed E-state index contributed by atoms with van der Waals surface area (Å²) in [5.74, 6) is -1.06. The molecule has 0 radical (unpaired) electrons. The van der Waals surface area contributed by atoms with E-state index in [9.17, 15) is 9.59 Å². The minimum atomic E-state index is -0.619. The average molecular weight is 429 g/mol. The monoisotopic (exact) mass is 429 g/mol. The molecular weight excluding hydrogens is 406 g/mol. The van der Waals surface area contributed by atoms with Crippen LogP contribution in [0.15, 0.2) is 67.0 Å². The molecule has 8 nitrogen and oxygen atoms in total. The normalized spacial score (nSPS) is 10.7. The lowest BCUT2D eigenvalue weighted by atomic mass is 10.2. The lowest BCUT2D eigenvalue weighted by molar-refractivity contribution is -0.119. The van der Waals surface area contributed by atoms with Crippen molar-refractivity contribution in [3.05, 3.63) is 89.5 Å². The van der Waals surface area contributed by atoms with Gasteiger partial charge in [-0.3, -0.25) is 4.79 Å². The molecule has 0 saturated carbocycles. The van der Waals surface area contributed by atoms with E-state index in [1.165, 1.54) is 6.20 Å². The summed E-state index contributed by atoms with van der Waals surface area (Å²) in [7, 11) is 0. The molecule has 32 heavy (non-hydrogen) atoms. The van der Waals surface area contributed by atoms with Gasteiger partial charge in [0.25, 0.3) is 5.91 Å². The number of hydrogen-bond acceptors (Lipinski definition) is 5. The molecule has 0 atom stereocenters. The van der Waals surface area contributed by atoms with E-state index in [0.717, 1.165) is 22.6 Å². The smallest absolute Gasteiger partial charge is 0.341 e. The van der Waals surface area contributed by atoms with E-state index in [1.807, 2.05) is 75.4 Å². The van der Waals surface area contributed by atoms with Crippen molar-refractivity contribution in [3.8, 4) is 11.4 Å². The maximum absolute atomic E-state index is 12.4. The zero-order chi connectivity index (χ0) is 22.7. The van der Waals surface area contributed by atoms with Gasteiger partial charge in [0.05, 0.1) is 40.2 Å². The van der Waals surface area contributed by atoms with Gasteiger partial charge < -0.3 is 10.1 Å². The molecule has 4 aromatic rings. The average Bonchev–Trinajstić information content (AvgIpc) is 3.40. The van der Waals surface area contributed by atoms with E-state index in [-0.39, 0.29) is 5.56 Å². The van der Waals surface area contributed by atoms with Crippen LogP contribution in [0.25, 0.3) is 11.4 Å². The van der Waals surface area contributed by atoms with E-state index >= 15 is 0 Å². The Morgan fingerprint density at radius 1 is 0.969 bits per heavy atom. The molecule has 0 spiro atoms. The number of aryl methyl sites for hydroxylation is 2. The van der Waals surface area contributed by atoms with Gasteiger partial charge in [0.2, 0.25) is 0 Å². The number of nitrogens with one attached hydrogen (secondary N) is 1. The van der Waals surface area contributed by atoms with Crippen molar-refractivity contribution in [2.24, 2.45) is 0 Å². The minimum Gasteiger partial charge on any atom is -0.452 e. The molecule has 0 aliphatic carbocycles. The molecule has 0 aliphatic heterocycles. The molecule has 2 heterocycles. The maximum atomic E-state index is 12.4. The van der Waals surface area contributed by atoms with Crippen molar-refractivity contribution in [2.45, 2.75) is 20.8 Å². The highest BCUT2D eigenvalue weighted by Crippen LogP contribution is 2.23. The molecule has 1 N–H and O–H groups in total. The number of carbonyl (C=O) groups excluding carboxylic acids is 2. The Bertz CT molecular complexity index is 1260. The van der Waals surface area contributed by atoms with Crippen LogP contribution in [0.2, 0.25) is 0 Å². The van der Waals surface area contributed by atoms with Crippen molar-refractivity contribution < 1.29 is 14.3 Å². The van der Waals surface area contributed by atoms with Crippen molar-refractivity contribution in [2.75, 3.05) is 11.9 Å². The summed E-state index contributed by atoms with van der Waals surface area (Å²) < 4.78 is 8.51. The molecule has 8 heteroatoms. The molecular formula is C24H23N5O3. The second kappa shape index (κ2) is 8.89. The van der Waals surface area contributed by atoms with Crippen LogP contribution in [0.1, 0.15) is 27.3 Å². The van der Waals surface area contributed by atoms with Crippen LogP contribution in [-0.4, -0.2) is 38.0 Å². The van der Waals surface area contributed by atoms with Crippen molar-refractivity contribution in [1.29, 1.82) is 0 Å². The summed E-state index contributed by atoms with van der Waals surface area (Å²) in [6.45, 7) is 5.30. The number of aromatic nitrogens is 4. The highest BCUT2D eigenvalue weighted by molar-refractivity contribution is 5.96. The Kier molecular flexibility index (Phi) is 5.85. The van der Waals surface area contributed by atoms with Crippen LogP contribution >= 0.6 is 0 Å². The fourth-order valence-electron chi connectivity index (χ4n) is 3.30. The molecule has 0 saturated heterocycles. The number of rotatable bonds is 6. The third-order valence-electron chi connectivity index (χ3n) is 5.01. The van der Waals surface area contributed by atoms with Crippen LogP contribution < -0.4 is 5.32 Å². The van der Waals surface area contributed by atoms with Crippen molar-refractivity contribution in [3.63, 3.8) is 0 Å². The van der Waals surface area contributed by atoms with Crippen LogP contribution in [0, 0.1) is 20.8 Å². The molecule has 0 bridgehead atoms. The molecule has 2 aromatic heterocycles. The number of ether oxygens (including phenoxy) is 1. The fraction of sp³-hybridized carbons (Fsp3) is 0.167. The lowest BCUT2D eigenvalue weighted by Crippen LogP contribution is -2.21. The maximum Gasteiger partial charge on any atom is 0.341 e. The fourth-order valence-corrected chi connectivity index (χ4v) is 3.30. The number of nitrogens with zero attached hydrogens (tertiary/aromatic N) is 4. The SMILES string of the molecule is Cc1ccc(-n2nc(C)c(NC(=O)COC(=O)c3cnn(-c4ccccc4)c3)c2C)cc1. The quantitative estimate of drug-likeness (QED) is 0.471. The lowest BCUT2D eigenvalue weighted by Gasteiger charge is -2.08. The number of amides is 1. The van der Waals surface area contributed by atoms with Crippen LogP contribution in [0.5, 0.6) is 0 Å². The van der Waals surface area contributed by atoms with Gasteiger partial charge in [-0.05, 0) is 45.0 Å². The highest BCUT2D eigenvalue weighted by atomic mass is 16.5. The van der Waals surface area contributed by atoms with Gasteiger partial charge in [-0.1, -0.05) is 35.9 Å². The second-order valence-corrected chi connectivity index (χ2v) is 7.43. The van der Waals surface area contributed by atoms with Crippen molar-refractivity contribution >= 4 is 17.6 Å².